The number of aryl methyl sites for hydroxylation is 2. The fourth-order valence-corrected chi connectivity index (χ4v) is 2.07. The van der Waals surface area contributed by atoms with Crippen LogP contribution in [0.2, 0.25) is 0 Å². The van der Waals surface area contributed by atoms with Crippen LogP contribution in [0.5, 0.6) is 0 Å². The van der Waals surface area contributed by atoms with Crippen LogP contribution in [0.1, 0.15) is 17.0 Å². The quantitative estimate of drug-likeness (QED) is 0.840. The Kier molecular flexibility index (Phi) is 3.98. The highest BCUT2D eigenvalue weighted by atomic mass is 16.5. The summed E-state index contributed by atoms with van der Waals surface area (Å²) >= 11 is 0. The van der Waals surface area contributed by atoms with Crippen LogP contribution in [0.25, 0.3) is 0 Å². The number of nitrogens with zero attached hydrogens (tertiary/aromatic N) is 1. The lowest BCUT2D eigenvalue weighted by atomic mass is 10.1. The lowest BCUT2D eigenvalue weighted by Gasteiger charge is -2.17. The SMILES string of the molecule is CO[C@H]1COC[C@@H]1NC(=O)Cc1c(C)noc1C. The third-order valence-corrected chi connectivity index (χ3v) is 3.20. The van der Waals surface area contributed by atoms with Gasteiger partial charge in [-0.05, 0) is 13.8 Å². The maximum atomic E-state index is 11.9. The molecule has 1 saturated heterocycles. The Bertz CT molecular complexity index is 410. The second-order valence-corrected chi connectivity index (χ2v) is 4.47. The van der Waals surface area contributed by atoms with Crippen molar-refractivity contribution in [1.82, 2.24) is 10.5 Å². The van der Waals surface area contributed by atoms with Crippen molar-refractivity contribution in [3.05, 3.63) is 17.0 Å². The summed E-state index contributed by atoms with van der Waals surface area (Å²) in [6.07, 6.45) is 0.201. The molecule has 0 aliphatic carbocycles. The van der Waals surface area contributed by atoms with E-state index in [1.165, 1.54) is 0 Å². The third kappa shape index (κ3) is 2.70. The summed E-state index contributed by atoms with van der Waals surface area (Å²) in [6, 6.07) is -0.0806. The molecule has 1 fully saturated rings. The molecule has 0 aromatic carbocycles. The molecule has 0 unspecified atom stereocenters. The minimum atomic E-state index is -0.0806. The Morgan fingerprint density at radius 2 is 2.28 bits per heavy atom. The van der Waals surface area contributed by atoms with Crippen LogP contribution in [0.4, 0.5) is 0 Å². The average Bonchev–Trinajstić information content (AvgIpc) is 2.90. The number of carbonyl (C=O) groups excluding carboxylic acids is 1. The first-order chi connectivity index (χ1) is 8.61. The number of hydrogen-bond donors (Lipinski definition) is 1. The van der Waals surface area contributed by atoms with Gasteiger partial charge >= 0.3 is 0 Å². The van der Waals surface area contributed by atoms with Gasteiger partial charge in [-0.1, -0.05) is 5.16 Å². The molecule has 100 valence electrons. The van der Waals surface area contributed by atoms with Gasteiger partial charge in [0.25, 0.3) is 0 Å². The molecule has 0 spiro atoms. The number of amides is 1. The molecule has 1 aliphatic heterocycles. The van der Waals surface area contributed by atoms with E-state index in [1.54, 1.807) is 14.0 Å². The van der Waals surface area contributed by atoms with Crippen molar-refractivity contribution in [2.75, 3.05) is 20.3 Å². The zero-order chi connectivity index (χ0) is 13.1. The monoisotopic (exact) mass is 254 g/mol. The number of hydrogen-bond acceptors (Lipinski definition) is 5. The summed E-state index contributed by atoms with van der Waals surface area (Å²) in [5, 5.41) is 6.74. The summed E-state index contributed by atoms with van der Waals surface area (Å²) in [5.41, 5.74) is 1.61. The van der Waals surface area contributed by atoms with E-state index in [9.17, 15) is 4.79 Å². The molecule has 2 heterocycles. The van der Waals surface area contributed by atoms with Gasteiger partial charge in [-0.25, -0.2) is 0 Å². The zero-order valence-electron chi connectivity index (χ0n) is 10.9. The maximum Gasteiger partial charge on any atom is 0.225 e. The van der Waals surface area contributed by atoms with Crippen molar-refractivity contribution in [2.24, 2.45) is 0 Å². The van der Waals surface area contributed by atoms with Crippen LogP contribution >= 0.6 is 0 Å². The van der Waals surface area contributed by atoms with Gasteiger partial charge in [-0.15, -0.1) is 0 Å². The molecule has 1 aromatic rings. The number of carbonyl (C=O) groups is 1. The van der Waals surface area contributed by atoms with E-state index >= 15 is 0 Å². The molecule has 2 atom stereocenters. The summed E-state index contributed by atoms with van der Waals surface area (Å²) < 4.78 is 15.5. The van der Waals surface area contributed by atoms with Gasteiger partial charge in [0.2, 0.25) is 5.91 Å². The van der Waals surface area contributed by atoms with Crippen molar-refractivity contribution in [3.8, 4) is 0 Å². The first kappa shape index (κ1) is 13.0. The van der Waals surface area contributed by atoms with E-state index in [0.717, 1.165) is 11.3 Å². The van der Waals surface area contributed by atoms with E-state index < -0.39 is 0 Å². The van der Waals surface area contributed by atoms with Gasteiger partial charge in [-0.2, -0.15) is 0 Å². The predicted molar refractivity (Wildman–Crippen MR) is 63.2 cm³/mol. The first-order valence-corrected chi connectivity index (χ1v) is 5.93. The van der Waals surface area contributed by atoms with Crippen molar-refractivity contribution >= 4 is 5.91 Å². The summed E-state index contributed by atoms with van der Waals surface area (Å²) in [4.78, 5) is 11.9. The summed E-state index contributed by atoms with van der Waals surface area (Å²) in [7, 11) is 1.62. The van der Waals surface area contributed by atoms with Gasteiger partial charge in [-0.3, -0.25) is 4.79 Å². The van der Waals surface area contributed by atoms with Crippen molar-refractivity contribution in [2.45, 2.75) is 32.4 Å². The minimum absolute atomic E-state index is 0.0676. The molecule has 1 N–H and O–H groups in total. The van der Waals surface area contributed by atoms with Crippen molar-refractivity contribution < 1.29 is 18.8 Å². The normalized spacial score (nSPS) is 23.3. The Balaban J connectivity index is 1.93. The third-order valence-electron chi connectivity index (χ3n) is 3.20. The van der Waals surface area contributed by atoms with Crippen LogP contribution in [-0.4, -0.2) is 43.5 Å². The molecular formula is C12H18N2O4. The number of rotatable bonds is 4. The molecule has 18 heavy (non-hydrogen) atoms. The highest BCUT2D eigenvalue weighted by Gasteiger charge is 2.29. The molecule has 2 rings (SSSR count). The van der Waals surface area contributed by atoms with E-state index in [-0.39, 0.29) is 24.5 Å². The Morgan fingerprint density at radius 1 is 1.50 bits per heavy atom. The highest BCUT2D eigenvalue weighted by molar-refractivity contribution is 5.79. The highest BCUT2D eigenvalue weighted by Crippen LogP contribution is 2.14. The molecule has 1 aromatic heterocycles. The van der Waals surface area contributed by atoms with Crippen LogP contribution in [-0.2, 0) is 20.7 Å². The zero-order valence-corrected chi connectivity index (χ0v) is 10.9. The van der Waals surface area contributed by atoms with Gasteiger partial charge in [0.1, 0.15) is 11.9 Å². The fraction of sp³-hybridized carbons (Fsp3) is 0.667. The smallest absolute Gasteiger partial charge is 0.225 e. The first-order valence-electron chi connectivity index (χ1n) is 5.93. The summed E-state index contributed by atoms with van der Waals surface area (Å²) in [5.74, 6) is 0.621. The van der Waals surface area contributed by atoms with E-state index in [0.29, 0.717) is 19.0 Å². The average molecular weight is 254 g/mol. The van der Waals surface area contributed by atoms with E-state index in [1.807, 2.05) is 6.92 Å². The van der Waals surface area contributed by atoms with Crippen LogP contribution < -0.4 is 5.32 Å². The molecule has 6 nitrogen and oxygen atoms in total. The fourth-order valence-electron chi connectivity index (χ4n) is 2.07. The van der Waals surface area contributed by atoms with Gasteiger partial charge in [0.05, 0.1) is 31.4 Å². The molecule has 1 amide bonds. The Hall–Kier alpha value is -1.40. The summed E-state index contributed by atoms with van der Waals surface area (Å²) in [6.45, 7) is 4.65. The Labute approximate surface area is 106 Å². The molecule has 1 aliphatic rings. The maximum absolute atomic E-state index is 11.9. The molecule has 0 radical (unpaired) electrons. The standard InChI is InChI=1S/C12H18N2O4/c1-7-9(8(2)18-14-7)4-12(15)13-10-5-17-6-11(10)16-3/h10-11H,4-6H2,1-3H3,(H,13,15)/t10-,11-/m0/s1. The van der Waals surface area contributed by atoms with Gasteiger partial charge < -0.3 is 19.3 Å². The van der Waals surface area contributed by atoms with Crippen molar-refractivity contribution in [1.29, 1.82) is 0 Å². The second kappa shape index (κ2) is 5.49. The molecule has 0 saturated carbocycles. The topological polar surface area (TPSA) is 73.6 Å². The molecule has 6 heteroatoms. The number of nitrogens with one attached hydrogen (secondary N) is 1. The van der Waals surface area contributed by atoms with E-state index in [2.05, 4.69) is 10.5 Å². The largest absolute Gasteiger partial charge is 0.377 e. The van der Waals surface area contributed by atoms with Gasteiger partial charge in [0, 0.05) is 12.7 Å². The van der Waals surface area contributed by atoms with Crippen LogP contribution in [0.15, 0.2) is 4.52 Å². The van der Waals surface area contributed by atoms with Crippen LogP contribution in [0, 0.1) is 13.8 Å². The lowest BCUT2D eigenvalue weighted by Crippen LogP contribution is -2.44. The predicted octanol–water partition coefficient (Wildman–Crippen LogP) is 0.364. The minimum Gasteiger partial charge on any atom is -0.377 e. The molecular weight excluding hydrogens is 236 g/mol. The molecule has 0 bridgehead atoms. The van der Waals surface area contributed by atoms with E-state index in [4.69, 9.17) is 14.0 Å². The number of ether oxygens (including phenoxy) is 2. The lowest BCUT2D eigenvalue weighted by molar-refractivity contribution is -0.121. The van der Waals surface area contributed by atoms with Crippen molar-refractivity contribution in [3.63, 3.8) is 0 Å². The number of methoxy groups -OCH3 is 1. The van der Waals surface area contributed by atoms with Crippen LogP contribution in [0.3, 0.4) is 0 Å². The Morgan fingerprint density at radius 3 is 2.89 bits per heavy atom. The second-order valence-electron chi connectivity index (χ2n) is 4.47. The van der Waals surface area contributed by atoms with Gasteiger partial charge in [0.15, 0.2) is 0 Å². The number of aromatic nitrogens is 1.